The van der Waals surface area contributed by atoms with Gasteiger partial charge in [-0.25, -0.2) is 4.79 Å². The van der Waals surface area contributed by atoms with Gasteiger partial charge in [0.05, 0.1) is 12.2 Å². The van der Waals surface area contributed by atoms with Gasteiger partial charge in [0.1, 0.15) is 5.75 Å². The second kappa shape index (κ2) is 8.34. The summed E-state index contributed by atoms with van der Waals surface area (Å²) in [7, 11) is 0. The molecule has 0 saturated carbocycles. The summed E-state index contributed by atoms with van der Waals surface area (Å²) in [5, 5.41) is 11.7. The van der Waals surface area contributed by atoms with Gasteiger partial charge in [0.15, 0.2) is 0 Å². The molecule has 0 saturated heterocycles. The van der Waals surface area contributed by atoms with Crippen LogP contribution in [0.15, 0.2) is 66.7 Å². The van der Waals surface area contributed by atoms with Crippen molar-refractivity contribution in [2.45, 2.75) is 19.8 Å². The number of benzene rings is 3. The first-order valence-electron chi connectivity index (χ1n) is 8.85. The number of aliphatic carboxylic acids is 1. The van der Waals surface area contributed by atoms with Crippen molar-refractivity contribution in [1.29, 1.82) is 0 Å². The first-order chi connectivity index (χ1) is 12.7. The van der Waals surface area contributed by atoms with Crippen LogP contribution in [0.4, 0.5) is 0 Å². The molecule has 0 radical (unpaired) electrons. The zero-order valence-electron chi connectivity index (χ0n) is 14.8. The highest BCUT2D eigenvalue weighted by atomic mass is 16.5. The minimum atomic E-state index is -0.946. The van der Waals surface area contributed by atoms with Gasteiger partial charge in [0, 0.05) is 0 Å². The Morgan fingerprint density at radius 3 is 2.62 bits per heavy atom. The number of unbranched alkanes of at least 4 members (excludes halogenated alkanes) is 1. The number of fused-ring (bicyclic) bond motifs is 1. The average molecular weight is 346 g/mol. The smallest absolute Gasteiger partial charge is 0.336 e. The Hall–Kier alpha value is -3.07. The summed E-state index contributed by atoms with van der Waals surface area (Å²) >= 11 is 0. The zero-order valence-corrected chi connectivity index (χ0v) is 14.8. The van der Waals surface area contributed by atoms with Gasteiger partial charge in [-0.15, -0.1) is 0 Å². The van der Waals surface area contributed by atoms with Crippen LogP contribution < -0.4 is 4.74 Å². The van der Waals surface area contributed by atoms with E-state index in [4.69, 9.17) is 4.74 Å². The van der Waals surface area contributed by atoms with Crippen LogP contribution in [0.5, 0.6) is 5.75 Å². The number of carbonyl (C=O) groups is 1. The molecule has 3 heteroatoms. The first-order valence-corrected chi connectivity index (χ1v) is 8.85. The molecule has 0 heterocycles. The molecular weight excluding hydrogens is 324 g/mol. The van der Waals surface area contributed by atoms with E-state index in [0.29, 0.717) is 12.2 Å². The maximum Gasteiger partial charge on any atom is 0.336 e. The highest BCUT2D eigenvalue weighted by Gasteiger charge is 2.13. The second-order valence-corrected chi connectivity index (χ2v) is 6.16. The fourth-order valence-corrected chi connectivity index (χ4v) is 2.91. The molecular formula is C23H22O3. The Kier molecular flexibility index (Phi) is 5.69. The number of ether oxygens (including phenoxy) is 1. The molecule has 0 fully saturated rings. The van der Waals surface area contributed by atoms with Gasteiger partial charge in [-0.05, 0) is 46.5 Å². The van der Waals surface area contributed by atoms with Gasteiger partial charge in [0.25, 0.3) is 0 Å². The summed E-state index contributed by atoms with van der Waals surface area (Å²) in [6.07, 6.45) is 3.77. The van der Waals surface area contributed by atoms with Crippen molar-refractivity contribution in [2.24, 2.45) is 0 Å². The maximum atomic E-state index is 11.9. The molecule has 3 aromatic carbocycles. The molecule has 1 N–H and O–H groups in total. The predicted molar refractivity (Wildman–Crippen MR) is 106 cm³/mol. The normalized spacial score (nSPS) is 11.5. The molecule has 0 spiro atoms. The molecule has 132 valence electrons. The van der Waals surface area contributed by atoms with E-state index in [2.05, 4.69) is 6.92 Å². The third-order valence-corrected chi connectivity index (χ3v) is 4.25. The Labute approximate surface area is 153 Å². The first kappa shape index (κ1) is 17.7. The molecule has 0 amide bonds. The van der Waals surface area contributed by atoms with Crippen LogP contribution in [0.3, 0.4) is 0 Å². The molecule has 26 heavy (non-hydrogen) atoms. The summed E-state index contributed by atoms with van der Waals surface area (Å²) in [5.74, 6) is -0.187. The lowest BCUT2D eigenvalue weighted by molar-refractivity contribution is -0.130. The monoisotopic (exact) mass is 346 g/mol. The van der Waals surface area contributed by atoms with Crippen molar-refractivity contribution in [2.75, 3.05) is 6.61 Å². The fourth-order valence-electron chi connectivity index (χ4n) is 2.91. The van der Waals surface area contributed by atoms with Gasteiger partial charge in [-0.2, -0.15) is 0 Å². The van der Waals surface area contributed by atoms with E-state index < -0.39 is 5.97 Å². The maximum absolute atomic E-state index is 11.9. The number of hydrogen-bond donors (Lipinski definition) is 1. The van der Waals surface area contributed by atoms with Crippen molar-refractivity contribution in [3.63, 3.8) is 0 Å². The highest BCUT2D eigenvalue weighted by Crippen LogP contribution is 2.28. The topological polar surface area (TPSA) is 46.5 Å². The minimum absolute atomic E-state index is 0.271. The minimum Gasteiger partial charge on any atom is -0.494 e. The molecule has 3 rings (SSSR count). The molecule has 0 bridgehead atoms. The Bertz CT molecular complexity index is 936. The number of rotatable bonds is 7. The third-order valence-electron chi connectivity index (χ3n) is 4.25. The molecule has 0 aliphatic heterocycles. The summed E-state index contributed by atoms with van der Waals surface area (Å²) < 4.78 is 5.73. The van der Waals surface area contributed by atoms with Gasteiger partial charge < -0.3 is 9.84 Å². The van der Waals surface area contributed by atoms with Crippen LogP contribution in [0.25, 0.3) is 22.4 Å². The lowest BCUT2D eigenvalue weighted by atomic mass is 9.96. The zero-order chi connectivity index (χ0) is 18.4. The summed E-state index contributed by atoms with van der Waals surface area (Å²) in [6, 6.07) is 21.1. The standard InChI is InChI=1S/C23H22O3/c1-2-3-14-26-19-11-6-8-17(15-19)16-22(23(24)25)21-13-7-10-18-9-4-5-12-20(18)21/h4-13,15-16H,2-3,14H2,1H3,(H,24,25)/b22-16-. The number of carboxylic acids is 1. The van der Waals surface area contributed by atoms with E-state index in [9.17, 15) is 9.90 Å². The lowest BCUT2D eigenvalue weighted by Gasteiger charge is -2.09. The SMILES string of the molecule is CCCCOc1cccc(/C=C(\C(=O)O)c2cccc3ccccc23)c1. The van der Waals surface area contributed by atoms with Crippen molar-refractivity contribution in [1.82, 2.24) is 0 Å². The molecule has 0 aromatic heterocycles. The van der Waals surface area contributed by atoms with Gasteiger partial charge in [0.2, 0.25) is 0 Å². The summed E-state index contributed by atoms with van der Waals surface area (Å²) in [5.41, 5.74) is 1.80. The summed E-state index contributed by atoms with van der Waals surface area (Å²) in [4.78, 5) is 11.9. The van der Waals surface area contributed by atoms with Crippen LogP contribution in [-0.2, 0) is 4.79 Å². The Morgan fingerprint density at radius 1 is 1.04 bits per heavy atom. The van der Waals surface area contributed by atoms with Gasteiger partial charge in [-0.1, -0.05) is 67.9 Å². The predicted octanol–water partition coefficient (Wildman–Crippen LogP) is 5.64. The largest absolute Gasteiger partial charge is 0.494 e. The van der Waals surface area contributed by atoms with E-state index in [-0.39, 0.29) is 5.57 Å². The van der Waals surface area contributed by atoms with Crippen molar-refractivity contribution < 1.29 is 14.6 Å². The van der Waals surface area contributed by atoms with Crippen molar-refractivity contribution >= 4 is 28.4 Å². The summed E-state index contributed by atoms with van der Waals surface area (Å²) in [6.45, 7) is 2.78. The molecule has 0 aliphatic carbocycles. The highest BCUT2D eigenvalue weighted by molar-refractivity contribution is 6.23. The fraction of sp³-hybridized carbons (Fsp3) is 0.174. The third kappa shape index (κ3) is 4.12. The van der Waals surface area contributed by atoms with Crippen LogP contribution in [-0.4, -0.2) is 17.7 Å². The Balaban J connectivity index is 2.00. The van der Waals surface area contributed by atoms with Crippen molar-refractivity contribution in [3.8, 4) is 5.75 Å². The van der Waals surface area contributed by atoms with E-state index in [1.54, 1.807) is 6.08 Å². The van der Waals surface area contributed by atoms with Gasteiger partial charge in [-0.3, -0.25) is 0 Å². The van der Waals surface area contributed by atoms with Gasteiger partial charge >= 0.3 is 5.97 Å². The van der Waals surface area contributed by atoms with E-state index in [1.807, 2.05) is 66.7 Å². The molecule has 0 unspecified atom stereocenters. The van der Waals surface area contributed by atoms with Crippen molar-refractivity contribution in [3.05, 3.63) is 77.9 Å². The van der Waals surface area contributed by atoms with Crippen LogP contribution >= 0.6 is 0 Å². The van der Waals surface area contributed by atoms with Crippen LogP contribution in [0, 0.1) is 0 Å². The van der Waals surface area contributed by atoms with Crippen LogP contribution in [0.2, 0.25) is 0 Å². The number of hydrogen-bond acceptors (Lipinski definition) is 2. The molecule has 3 aromatic rings. The lowest BCUT2D eigenvalue weighted by Crippen LogP contribution is -2.01. The number of carboxylic acid groups (broad SMARTS) is 1. The van der Waals surface area contributed by atoms with E-state index in [0.717, 1.165) is 34.9 Å². The Morgan fingerprint density at radius 2 is 1.81 bits per heavy atom. The van der Waals surface area contributed by atoms with E-state index in [1.165, 1.54) is 0 Å². The molecule has 3 nitrogen and oxygen atoms in total. The quantitative estimate of drug-likeness (QED) is 0.342. The van der Waals surface area contributed by atoms with Crippen LogP contribution in [0.1, 0.15) is 30.9 Å². The molecule has 0 aliphatic rings. The molecule has 0 atom stereocenters. The van der Waals surface area contributed by atoms with E-state index >= 15 is 0 Å². The second-order valence-electron chi connectivity index (χ2n) is 6.16. The average Bonchev–Trinajstić information content (AvgIpc) is 2.66.